The van der Waals surface area contributed by atoms with E-state index in [0.717, 1.165) is 28.5 Å². The van der Waals surface area contributed by atoms with Crippen molar-refractivity contribution in [1.82, 2.24) is 0 Å². The van der Waals surface area contributed by atoms with Gasteiger partial charge in [-0.25, -0.2) is 4.79 Å². The van der Waals surface area contributed by atoms with Crippen LogP contribution < -0.4 is 4.74 Å². The van der Waals surface area contributed by atoms with E-state index in [0.29, 0.717) is 6.42 Å². The van der Waals surface area contributed by atoms with Crippen LogP contribution >= 0.6 is 0 Å². The maximum Gasteiger partial charge on any atom is 0.328 e. The third kappa shape index (κ3) is 3.48. The number of para-hydroxylation sites is 1. The van der Waals surface area contributed by atoms with Crippen LogP contribution in [0.2, 0.25) is 0 Å². The molecule has 2 aromatic carbocycles. The second kappa shape index (κ2) is 6.57. The molecule has 0 aromatic heterocycles. The largest absolute Gasteiger partial charge is 0.496 e. The Hall–Kier alpha value is -2.55. The van der Waals surface area contributed by atoms with Gasteiger partial charge in [0.25, 0.3) is 0 Å². The second-order valence-electron chi connectivity index (χ2n) is 4.36. The quantitative estimate of drug-likeness (QED) is 0.845. The molecular weight excluding hydrogens is 252 g/mol. The average Bonchev–Trinajstić information content (AvgIpc) is 2.47. The number of rotatable bonds is 5. The van der Waals surface area contributed by atoms with Crippen molar-refractivity contribution in [1.29, 1.82) is 0 Å². The highest BCUT2D eigenvalue weighted by atomic mass is 16.5. The molecule has 0 spiro atoms. The van der Waals surface area contributed by atoms with Crippen LogP contribution in [-0.4, -0.2) is 18.2 Å². The van der Waals surface area contributed by atoms with Crippen LogP contribution in [0.1, 0.15) is 16.7 Å². The van der Waals surface area contributed by atoms with Gasteiger partial charge in [-0.2, -0.15) is 0 Å². The van der Waals surface area contributed by atoms with Crippen LogP contribution in [0.3, 0.4) is 0 Å². The summed E-state index contributed by atoms with van der Waals surface area (Å²) in [5.74, 6) is -0.110. The molecule has 0 fully saturated rings. The van der Waals surface area contributed by atoms with Crippen LogP contribution in [0.5, 0.6) is 5.75 Å². The summed E-state index contributed by atoms with van der Waals surface area (Å²) in [6, 6.07) is 15.6. The van der Waals surface area contributed by atoms with Gasteiger partial charge >= 0.3 is 5.97 Å². The summed E-state index contributed by atoms with van der Waals surface area (Å²) < 4.78 is 5.34. The SMILES string of the molecule is COc1ccccc1Cc1ccccc1/C=C/C(=O)O. The molecule has 0 saturated carbocycles. The first-order valence-electron chi connectivity index (χ1n) is 6.31. The van der Waals surface area contributed by atoms with Crippen molar-refractivity contribution >= 4 is 12.0 Å². The van der Waals surface area contributed by atoms with Gasteiger partial charge in [-0.15, -0.1) is 0 Å². The second-order valence-corrected chi connectivity index (χ2v) is 4.36. The maximum absolute atomic E-state index is 10.6. The van der Waals surface area contributed by atoms with Crippen molar-refractivity contribution in [2.24, 2.45) is 0 Å². The van der Waals surface area contributed by atoms with E-state index in [1.165, 1.54) is 0 Å². The Bertz CT molecular complexity index is 630. The van der Waals surface area contributed by atoms with E-state index in [1.54, 1.807) is 13.2 Å². The average molecular weight is 268 g/mol. The monoisotopic (exact) mass is 268 g/mol. The Morgan fingerprint density at radius 2 is 1.75 bits per heavy atom. The Morgan fingerprint density at radius 3 is 2.45 bits per heavy atom. The molecule has 102 valence electrons. The van der Waals surface area contributed by atoms with E-state index in [-0.39, 0.29) is 0 Å². The zero-order valence-corrected chi connectivity index (χ0v) is 11.2. The van der Waals surface area contributed by atoms with E-state index in [9.17, 15) is 4.79 Å². The first-order chi connectivity index (χ1) is 9.70. The van der Waals surface area contributed by atoms with Crippen molar-refractivity contribution < 1.29 is 14.6 Å². The fraction of sp³-hybridized carbons (Fsp3) is 0.118. The third-order valence-corrected chi connectivity index (χ3v) is 3.03. The number of carbonyl (C=O) groups is 1. The lowest BCUT2D eigenvalue weighted by Gasteiger charge is -2.10. The third-order valence-electron chi connectivity index (χ3n) is 3.03. The van der Waals surface area contributed by atoms with Gasteiger partial charge in [-0.3, -0.25) is 0 Å². The van der Waals surface area contributed by atoms with E-state index < -0.39 is 5.97 Å². The molecule has 0 heterocycles. The Labute approximate surface area is 118 Å². The minimum absolute atomic E-state index is 0.699. The summed E-state index contributed by atoms with van der Waals surface area (Å²) in [6.07, 6.45) is 3.47. The summed E-state index contributed by atoms with van der Waals surface area (Å²) in [4.78, 5) is 10.6. The summed E-state index contributed by atoms with van der Waals surface area (Å²) in [5.41, 5.74) is 3.04. The van der Waals surface area contributed by atoms with Crippen LogP contribution in [0.15, 0.2) is 54.6 Å². The number of benzene rings is 2. The number of aliphatic carboxylic acids is 1. The standard InChI is InChI=1S/C17H16O3/c1-20-16-9-5-4-8-15(16)12-14-7-3-2-6-13(14)10-11-17(18)19/h2-11H,12H2,1H3,(H,18,19)/b11-10+. The molecule has 3 nitrogen and oxygen atoms in total. The molecule has 0 aliphatic rings. The number of ether oxygens (including phenoxy) is 1. The molecule has 0 amide bonds. The van der Waals surface area contributed by atoms with Crippen molar-refractivity contribution in [3.63, 3.8) is 0 Å². The van der Waals surface area contributed by atoms with Crippen LogP contribution in [0.25, 0.3) is 6.08 Å². The molecule has 0 aliphatic carbocycles. The summed E-state index contributed by atoms with van der Waals surface area (Å²) in [7, 11) is 1.65. The van der Waals surface area contributed by atoms with Crippen molar-refractivity contribution in [3.05, 3.63) is 71.3 Å². The highest BCUT2D eigenvalue weighted by Gasteiger charge is 2.05. The number of carboxylic acids is 1. The van der Waals surface area contributed by atoms with Crippen LogP contribution in [0, 0.1) is 0 Å². The number of hydrogen-bond acceptors (Lipinski definition) is 2. The van der Waals surface area contributed by atoms with E-state index >= 15 is 0 Å². The highest BCUT2D eigenvalue weighted by Crippen LogP contribution is 2.23. The molecule has 1 N–H and O–H groups in total. The Balaban J connectivity index is 2.31. The molecule has 0 bridgehead atoms. The minimum Gasteiger partial charge on any atom is -0.496 e. The normalized spacial score (nSPS) is 10.7. The molecule has 20 heavy (non-hydrogen) atoms. The fourth-order valence-corrected chi connectivity index (χ4v) is 2.07. The fourth-order valence-electron chi connectivity index (χ4n) is 2.07. The summed E-state index contributed by atoms with van der Waals surface area (Å²) in [6.45, 7) is 0. The minimum atomic E-state index is -0.947. The molecule has 2 rings (SSSR count). The van der Waals surface area contributed by atoms with E-state index in [1.807, 2.05) is 48.5 Å². The predicted molar refractivity (Wildman–Crippen MR) is 78.9 cm³/mol. The first kappa shape index (κ1) is 13.9. The van der Waals surface area contributed by atoms with Gasteiger partial charge in [0.2, 0.25) is 0 Å². The van der Waals surface area contributed by atoms with Crippen molar-refractivity contribution in [2.75, 3.05) is 7.11 Å². The van der Waals surface area contributed by atoms with Gasteiger partial charge in [0.1, 0.15) is 5.75 Å². The van der Waals surface area contributed by atoms with Gasteiger partial charge in [0, 0.05) is 12.5 Å². The van der Waals surface area contributed by atoms with E-state index in [2.05, 4.69) is 0 Å². The van der Waals surface area contributed by atoms with Gasteiger partial charge in [0.05, 0.1) is 7.11 Å². The molecule has 2 aromatic rings. The molecule has 0 unspecified atom stereocenters. The smallest absolute Gasteiger partial charge is 0.328 e. The number of carboxylic acid groups (broad SMARTS) is 1. The number of methoxy groups -OCH3 is 1. The van der Waals surface area contributed by atoms with Gasteiger partial charge < -0.3 is 9.84 Å². The lowest BCUT2D eigenvalue weighted by Crippen LogP contribution is -1.96. The van der Waals surface area contributed by atoms with Gasteiger partial charge in [-0.05, 0) is 28.8 Å². The Morgan fingerprint density at radius 1 is 1.10 bits per heavy atom. The maximum atomic E-state index is 10.6. The van der Waals surface area contributed by atoms with Gasteiger partial charge in [0.15, 0.2) is 0 Å². The summed E-state index contributed by atoms with van der Waals surface area (Å²) in [5, 5.41) is 8.73. The molecule has 0 saturated heterocycles. The lowest BCUT2D eigenvalue weighted by atomic mass is 9.99. The summed E-state index contributed by atoms with van der Waals surface area (Å²) >= 11 is 0. The van der Waals surface area contributed by atoms with Gasteiger partial charge in [-0.1, -0.05) is 42.5 Å². The molecule has 0 aliphatic heterocycles. The zero-order valence-electron chi connectivity index (χ0n) is 11.2. The van der Waals surface area contributed by atoms with Crippen LogP contribution in [0.4, 0.5) is 0 Å². The molecule has 3 heteroatoms. The molecule has 0 atom stereocenters. The predicted octanol–water partition coefficient (Wildman–Crippen LogP) is 3.38. The van der Waals surface area contributed by atoms with Crippen LogP contribution in [-0.2, 0) is 11.2 Å². The Kier molecular flexibility index (Phi) is 4.56. The number of hydrogen-bond donors (Lipinski definition) is 1. The van der Waals surface area contributed by atoms with Crippen molar-refractivity contribution in [3.8, 4) is 5.75 Å². The highest BCUT2D eigenvalue weighted by molar-refractivity contribution is 5.85. The molecule has 0 radical (unpaired) electrons. The zero-order chi connectivity index (χ0) is 14.4. The first-order valence-corrected chi connectivity index (χ1v) is 6.31. The van der Waals surface area contributed by atoms with E-state index in [4.69, 9.17) is 9.84 Å². The van der Waals surface area contributed by atoms with Crippen molar-refractivity contribution in [2.45, 2.75) is 6.42 Å². The molecular formula is C17H16O3. The topological polar surface area (TPSA) is 46.5 Å². The lowest BCUT2D eigenvalue weighted by molar-refractivity contribution is -0.131.